The van der Waals surface area contributed by atoms with Gasteiger partial charge in [-0.3, -0.25) is 13.9 Å². The third-order valence-electron chi connectivity index (χ3n) is 7.59. The molecule has 4 rings (SSSR count). The lowest BCUT2D eigenvalue weighted by atomic mass is 10.0. The maximum absolute atomic E-state index is 14.6. The van der Waals surface area contributed by atoms with Crippen LogP contribution in [0.3, 0.4) is 0 Å². The molecule has 2 atom stereocenters. The number of amides is 2. The number of halogens is 3. The number of aryl methyl sites for hydroxylation is 1. The highest BCUT2D eigenvalue weighted by Crippen LogP contribution is 2.31. The molecule has 2 amide bonds. The molecule has 0 saturated carbocycles. The van der Waals surface area contributed by atoms with Gasteiger partial charge in [-0.15, -0.1) is 0 Å². The Morgan fingerprint density at radius 1 is 0.870 bits per heavy atom. The zero-order valence-corrected chi connectivity index (χ0v) is 29.7. The minimum atomic E-state index is -4.26. The predicted molar refractivity (Wildman–Crippen MR) is 189 cm³/mol. The summed E-state index contributed by atoms with van der Waals surface area (Å²) in [6.07, 6.45) is 0.920. The highest BCUT2D eigenvalue weighted by Gasteiger charge is 2.35. The van der Waals surface area contributed by atoms with E-state index in [4.69, 9.17) is 23.2 Å². The number of carbonyl (C=O) groups excluding carboxylic acids is 2. The Morgan fingerprint density at radius 3 is 2.17 bits per heavy atom. The standard InChI is InChI=1S/C35H36BrCl2N3O4S/c1-4-25(3)39-35(43)33(20-26-9-6-5-7-10-26)40(22-27-11-8-12-28(36)19-27)34(42)23-41(29-15-18-31(37)32(38)21-29)46(44,45)30-16-13-24(2)14-17-30/h5-19,21,25,33H,4,20,22-23H2,1-3H3,(H,39,43)/t25-,33+/m0/s1. The Labute approximate surface area is 289 Å². The molecular formula is C35H36BrCl2N3O4S. The van der Waals surface area contributed by atoms with Crippen LogP contribution in [0, 0.1) is 6.92 Å². The van der Waals surface area contributed by atoms with E-state index in [0.717, 1.165) is 25.5 Å². The van der Waals surface area contributed by atoms with Crippen molar-refractivity contribution in [2.24, 2.45) is 0 Å². The number of benzene rings is 4. The van der Waals surface area contributed by atoms with Gasteiger partial charge in [0.05, 0.1) is 20.6 Å². The van der Waals surface area contributed by atoms with Crippen LogP contribution in [0.2, 0.25) is 10.0 Å². The molecule has 0 unspecified atom stereocenters. The Hall–Kier alpha value is -3.37. The molecule has 242 valence electrons. The van der Waals surface area contributed by atoms with E-state index in [9.17, 15) is 18.0 Å². The van der Waals surface area contributed by atoms with Crippen molar-refractivity contribution in [1.29, 1.82) is 0 Å². The largest absolute Gasteiger partial charge is 0.352 e. The molecular weight excluding hydrogens is 709 g/mol. The minimum Gasteiger partial charge on any atom is -0.352 e. The maximum Gasteiger partial charge on any atom is 0.264 e. The average Bonchev–Trinajstić information content (AvgIpc) is 3.03. The summed E-state index contributed by atoms with van der Waals surface area (Å²) < 4.78 is 30.2. The number of hydrogen-bond donors (Lipinski definition) is 1. The Balaban J connectivity index is 1.83. The molecule has 0 aromatic heterocycles. The van der Waals surface area contributed by atoms with Crippen molar-refractivity contribution in [2.75, 3.05) is 10.8 Å². The van der Waals surface area contributed by atoms with Gasteiger partial charge in [-0.05, 0) is 73.9 Å². The lowest BCUT2D eigenvalue weighted by Gasteiger charge is -2.34. The summed E-state index contributed by atoms with van der Waals surface area (Å²) in [5.41, 5.74) is 2.66. The van der Waals surface area contributed by atoms with Crippen LogP contribution < -0.4 is 9.62 Å². The summed E-state index contributed by atoms with van der Waals surface area (Å²) in [6, 6.07) is 26.6. The molecule has 7 nitrogen and oxygen atoms in total. The van der Waals surface area contributed by atoms with Crippen LogP contribution in [0.1, 0.15) is 37.0 Å². The molecule has 4 aromatic rings. The van der Waals surface area contributed by atoms with Crippen LogP contribution in [-0.4, -0.2) is 43.8 Å². The Bertz CT molecular complexity index is 1770. The van der Waals surface area contributed by atoms with E-state index in [1.54, 1.807) is 12.1 Å². The van der Waals surface area contributed by atoms with Gasteiger partial charge in [0.25, 0.3) is 10.0 Å². The van der Waals surface area contributed by atoms with Gasteiger partial charge in [0, 0.05) is 23.5 Å². The molecule has 4 aromatic carbocycles. The summed E-state index contributed by atoms with van der Waals surface area (Å²) in [7, 11) is -4.26. The van der Waals surface area contributed by atoms with Gasteiger partial charge in [0.1, 0.15) is 12.6 Å². The third kappa shape index (κ3) is 9.12. The molecule has 0 aliphatic rings. The van der Waals surface area contributed by atoms with Crippen LogP contribution in [0.5, 0.6) is 0 Å². The monoisotopic (exact) mass is 743 g/mol. The van der Waals surface area contributed by atoms with Gasteiger partial charge in [-0.1, -0.05) is 106 Å². The van der Waals surface area contributed by atoms with Crippen molar-refractivity contribution in [1.82, 2.24) is 10.2 Å². The minimum absolute atomic E-state index is 0.00543. The van der Waals surface area contributed by atoms with Crippen LogP contribution in [0.25, 0.3) is 0 Å². The van der Waals surface area contributed by atoms with Gasteiger partial charge >= 0.3 is 0 Å². The number of nitrogens with one attached hydrogen (secondary N) is 1. The summed E-state index contributed by atoms with van der Waals surface area (Å²) in [6.45, 7) is 5.19. The van der Waals surface area contributed by atoms with E-state index in [0.29, 0.717) is 6.42 Å². The van der Waals surface area contributed by atoms with E-state index in [1.807, 2.05) is 75.4 Å². The average molecular weight is 746 g/mol. The number of rotatable bonds is 13. The van der Waals surface area contributed by atoms with Crippen molar-refractivity contribution >= 4 is 66.7 Å². The quantitative estimate of drug-likeness (QED) is 0.151. The fraction of sp³-hybridized carbons (Fsp3) is 0.257. The van der Waals surface area contributed by atoms with E-state index >= 15 is 0 Å². The topological polar surface area (TPSA) is 86.8 Å². The van der Waals surface area contributed by atoms with Gasteiger partial charge in [0.15, 0.2) is 0 Å². The number of sulfonamides is 1. The predicted octanol–water partition coefficient (Wildman–Crippen LogP) is 7.81. The molecule has 0 heterocycles. The zero-order valence-electron chi connectivity index (χ0n) is 25.8. The number of hydrogen-bond acceptors (Lipinski definition) is 4. The van der Waals surface area contributed by atoms with Crippen molar-refractivity contribution in [3.63, 3.8) is 0 Å². The van der Waals surface area contributed by atoms with Crippen molar-refractivity contribution in [3.05, 3.63) is 128 Å². The van der Waals surface area contributed by atoms with Crippen LogP contribution in [0.15, 0.2) is 106 Å². The van der Waals surface area contributed by atoms with Gasteiger partial charge < -0.3 is 10.2 Å². The van der Waals surface area contributed by atoms with Gasteiger partial charge in [0.2, 0.25) is 11.8 Å². The molecule has 0 radical (unpaired) electrons. The first-order valence-corrected chi connectivity index (χ1v) is 17.8. The number of nitrogens with zero attached hydrogens (tertiary/aromatic N) is 2. The van der Waals surface area contributed by atoms with E-state index in [-0.39, 0.29) is 45.5 Å². The smallest absolute Gasteiger partial charge is 0.264 e. The lowest BCUT2D eigenvalue weighted by molar-refractivity contribution is -0.140. The first-order valence-electron chi connectivity index (χ1n) is 14.8. The molecule has 0 fully saturated rings. The third-order valence-corrected chi connectivity index (χ3v) is 10.6. The Morgan fingerprint density at radius 2 is 1.54 bits per heavy atom. The second-order valence-corrected chi connectivity index (χ2v) is 14.7. The molecule has 46 heavy (non-hydrogen) atoms. The molecule has 11 heteroatoms. The van der Waals surface area contributed by atoms with Crippen molar-refractivity contribution in [2.45, 2.75) is 57.1 Å². The molecule has 0 aliphatic carbocycles. The molecule has 0 spiro atoms. The van der Waals surface area contributed by atoms with E-state index in [2.05, 4.69) is 21.2 Å². The summed E-state index contributed by atoms with van der Waals surface area (Å²) in [4.78, 5) is 30.0. The van der Waals surface area contributed by atoms with Crippen molar-refractivity contribution < 1.29 is 18.0 Å². The number of carbonyl (C=O) groups is 2. The zero-order chi connectivity index (χ0) is 33.4. The molecule has 0 saturated heterocycles. The normalized spacial score (nSPS) is 12.7. The van der Waals surface area contributed by atoms with Gasteiger partial charge in [-0.2, -0.15) is 0 Å². The lowest BCUT2D eigenvalue weighted by Crippen LogP contribution is -2.54. The summed E-state index contributed by atoms with van der Waals surface area (Å²) in [5, 5.41) is 3.41. The second-order valence-electron chi connectivity index (χ2n) is 11.1. The van der Waals surface area contributed by atoms with Crippen LogP contribution in [0.4, 0.5) is 5.69 Å². The summed E-state index contributed by atoms with van der Waals surface area (Å²) >= 11 is 16.0. The maximum atomic E-state index is 14.6. The molecule has 0 bridgehead atoms. The second kappa shape index (κ2) is 16.0. The highest BCUT2D eigenvalue weighted by molar-refractivity contribution is 9.10. The fourth-order valence-electron chi connectivity index (χ4n) is 4.83. The van der Waals surface area contributed by atoms with Gasteiger partial charge in [-0.25, -0.2) is 8.42 Å². The van der Waals surface area contributed by atoms with Crippen LogP contribution >= 0.6 is 39.1 Å². The van der Waals surface area contributed by atoms with E-state index < -0.39 is 28.5 Å². The molecule has 0 aliphatic heterocycles. The highest BCUT2D eigenvalue weighted by atomic mass is 79.9. The number of anilines is 1. The fourth-order valence-corrected chi connectivity index (χ4v) is 6.98. The van der Waals surface area contributed by atoms with Crippen LogP contribution in [-0.2, 0) is 32.6 Å². The molecule has 1 N–H and O–H groups in total. The first kappa shape index (κ1) is 35.5. The SMILES string of the molecule is CC[C@H](C)NC(=O)[C@@H](Cc1ccccc1)N(Cc1cccc(Br)c1)C(=O)CN(c1ccc(Cl)c(Cl)c1)S(=O)(=O)c1ccc(C)cc1. The van der Waals surface area contributed by atoms with Crippen molar-refractivity contribution in [3.8, 4) is 0 Å². The first-order chi connectivity index (χ1) is 21.9. The van der Waals surface area contributed by atoms with E-state index in [1.165, 1.54) is 35.2 Å². The summed E-state index contributed by atoms with van der Waals surface area (Å²) in [5.74, 6) is -0.897. The Kier molecular flexibility index (Phi) is 12.3.